The highest BCUT2D eigenvalue weighted by molar-refractivity contribution is 6.05. The molecule has 0 aliphatic rings. The zero-order chi connectivity index (χ0) is 22.4. The van der Waals surface area contributed by atoms with Gasteiger partial charge in [0.2, 0.25) is 0 Å². The molecule has 0 aromatic heterocycles. The Bertz CT molecular complexity index is 1120. The van der Waals surface area contributed by atoms with Crippen LogP contribution in [0.4, 0.5) is 22.7 Å². The van der Waals surface area contributed by atoms with Gasteiger partial charge in [0.1, 0.15) is 5.69 Å². The highest BCUT2D eigenvalue weighted by Crippen LogP contribution is 2.26. The van der Waals surface area contributed by atoms with Crippen LogP contribution in [0.1, 0.15) is 21.5 Å². The largest absolute Gasteiger partial charge is 0.378 e. The van der Waals surface area contributed by atoms with Crippen LogP contribution in [0.2, 0.25) is 0 Å². The van der Waals surface area contributed by atoms with Crippen molar-refractivity contribution in [2.45, 2.75) is 6.92 Å². The lowest BCUT2D eigenvalue weighted by atomic mass is 10.1. The van der Waals surface area contributed by atoms with Crippen LogP contribution in [-0.4, -0.2) is 31.1 Å². The minimum absolute atomic E-state index is 0.184. The normalized spacial score (nSPS) is 10.7. The number of nitro benzene ring substituents is 1. The van der Waals surface area contributed by atoms with Gasteiger partial charge >= 0.3 is 0 Å². The fourth-order valence-electron chi connectivity index (χ4n) is 2.86. The van der Waals surface area contributed by atoms with Crippen LogP contribution in [0, 0.1) is 17.0 Å². The van der Waals surface area contributed by atoms with E-state index in [-0.39, 0.29) is 16.9 Å². The maximum atomic E-state index is 12.5. The second-order valence-corrected chi connectivity index (χ2v) is 7.11. The molecule has 2 N–H and O–H groups in total. The summed E-state index contributed by atoms with van der Waals surface area (Å²) in [4.78, 5) is 25.5. The van der Waals surface area contributed by atoms with E-state index in [0.717, 1.165) is 16.8 Å². The van der Waals surface area contributed by atoms with Crippen LogP contribution >= 0.6 is 0 Å². The van der Waals surface area contributed by atoms with E-state index in [2.05, 4.69) is 15.8 Å². The topological polar surface area (TPSA) is 99.9 Å². The van der Waals surface area contributed by atoms with Crippen molar-refractivity contribution in [1.82, 2.24) is 0 Å². The molecule has 8 heteroatoms. The number of hydrogen-bond donors (Lipinski definition) is 2. The molecule has 0 aliphatic carbocycles. The van der Waals surface area contributed by atoms with Gasteiger partial charge in [0, 0.05) is 37.1 Å². The molecule has 0 atom stereocenters. The van der Waals surface area contributed by atoms with Crippen molar-refractivity contribution >= 4 is 34.9 Å². The molecule has 1 amide bonds. The molecule has 0 bridgehead atoms. The van der Waals surface area contributed by atoms with Gasteiger partial charge in [-0.3, -0.25) is 20.3 Å². The number of rotatable bonds is 7. The monoisotopic (exact) mass is 417 g/mol. The van der Waals surface area contributed by atoms with E-state index in [9.17, 15) is 14.9 Å². The molecule has 0 spiro atoms. The second kappa shape index (κ2) is 9.53. The number of hydrogen-bond acceptors (Lipinski definition) is 6. The Labute approximate surface area is 180 Å². The number of para-hydroxylation sites is 1. The van der Waals surface area contributed by atoms with Gasteiger partial charge in [0.05, 0.1) is 11.1 Å². The summed E-state index contributed by atoms with van der Waals surface area (Å²) in [5, 5.41) is 18.4. The summed E-state index contributed by atoms with van der Waals surface area (Å²) in [7, 11) is 3.91. The van der Waals surface area contributed by atoms with Crippen molar-refractivity contribution in [3.63, 3.8) is 0 Å². The molecular weight excluding hydrogens is 394 g/mol. The molecule has 0 saturated carbocycles. The molecule has 3 aromatic carbocycles. The fraction of sp³-hybridized carbons (Fsp3) is 0.130. The first kappa shape index (κ1) is 21.5. The van der Waals surface area contributed by atoms with E-state index in [1.807, 2.05) is 68.4 Å². The maximum Gasteiger partial charge on any atom is 0.294 e. The molecular formula is C23H23N5O3. The zero-order valence-corrected chi connectivity index (χ0v) is 17.5. The molecule has 3 rings (SSSR count). The summed E-state index contributed by atoms with van der Waals surface area (Å²) in [5.41, 5.74) is 6.28. The van der Waals surface area contributed by atoms with E-state index < -0.39 is 10.8 Å². The standard InChI is InChI=1S/C23H23N5O3/c1-16-6-4-5-7-20(16)25-23(29)18-10-13-21(22(14-18)28(30)31)26-24-15-17-8-11-19(12-9-17)27(2)3/h4-15,26H,1-3H3,(H,25,29)/b24-15+. The van der Waals surface area contributed by atoms with Gasteiger partial charge in [0.15, 0.2) is 0 Å². The smallest absolute Gasteiger partial charge is 0.294 e. The van der Waals surface area contributed by atoms with Gasteiger partial charge in [-0.15, -0.1) is 0 Å². The van der Waals surface area contributed by atoms with Gasteiger partial charge in [-0.05, 0) is 48.4 Å². The summed E-state index contributed by atoms with van der Waals surface area (Å²) in [6.07, 6.45) is 1.57. The van der Waals surface area contributed by atoms with Crippen LogP contribution in [0.25, 0.3) is 0 Å². The number of amides is 1. The number of hydrazone groups is 1. The van der Waals surface area contributed by atoms with Crippen molar-refractivity contribution in [3.8, 4) is 0 Å². The Morgan fingerprint density at radius 1 is 1.03 bits per heavy atom. The van der Waals surface area contributed by atoms with E-state index in [0.29, 0.717) is 5.69 Å². The number of nitrogens with zero attached hydrogens (tertiary/aromatic N) is 3. The van der Waals surface area contributed by atoms with Crippen LogP contribution in [0.5, 0.6) is 0 Å². The van der Waals surface area contributed by atoms with Crippen LogP contribution in [0.15, 0.2) is 71.8 Å². The molecule has 0 saturated heterocycles. The predicted octanol–water partition coefficient (Wildman–Crippen LogP) is 4.67. The second-order valence-electron chi connectivity index (χ2n) is 7.11. The molecule has 0 aliphatic heterocycles. The third-order valence-corrected chi connectivity index (χ3v) is 4.66. The molecule has 158 valence electrons. The number of anilines is 3. The molecule has 8 nitrogen and oxygen atoms in total. The van der Waals surface area contributed by atoms with Gasteiger partial charge in [-0.25, -0.2) is 0 Å². The van der Waals surface area contributed by atoms with E-state index in [1.165, 1.54) is 18.2 Å². The Morgan fingerprint density at radius 3 is 2.39 bits per heavy atom. The number of carbonyl (C=O) groups excluding carboxylic acids is 1. The average molecular weight is 417 g/mol. The number of nitrogens with one attached hydrogen (secondary N) is 2. The van der Waals surface area contributed by atoms with Gasteiger partial charge in [-0.2, -0.15) is 5.10 Å². The summed E-state index contributed by atoms with van der Waals surface area (Å²) < 4.78 is 0. The summed E-state index contributed by atoms with van der Waals surface area (Å²) in [6.45, 7) is 1.87. The van der Waals surface area contributed by atoms with Gasteiger partial charge in [0.25, 0.3) is 11.6 Å². The molecule has 3 aromatic rings. The van der Waals surface area contributed by atoms with Crippen molar-refractivity contribution in [2.75, 3.05) is 29.7 Å². The van der Waals surface area contributed by atoms with Gasteiger partial charge in [-0.1, -0.05) is 30.3 Å². The Hall–Kier alpha value is -4.20. The van der Waals surface area contributed by atoms with Crippen LogP contribution < -0.4 is 15.6 Å². The minimum Gasteiger partial charge on any atom is -0.378 e. The lowest BCUT2D eigenvalue weighted by Gasteiger charge is -2.11. The van der Waals surface area contributed by atoms with Crippen molar-refractivity contribution < 1.29 is 9.72 Å². The lowest BCUT2D eigenvalue weighted by Crippen LogP contribution is -2.13. The first-order valence-electron chi connectivity index (χ1n) is 9.57. The molecule has 0 heterocycles. The third kappa shape index (κ3) is 5.45. The molecule has 31 heavy (non-hydrogen) atoms. The Kier molecular flexibility index (Phi) is 6.61. The summed E-state index contributed by atoms with van der Waals surface area (Å²) >= 11 is 0. The van der Waals surface area contributed by atoms with E-state index >= 15 is 0 Å². The van der Waals surface area contributed by atoms with Crippen LogP contribution in [0.3, 0.4) is 0 Å². The fourth-order valence-corrected chi connectivity index (χ4v) is 2.86. The predicted molar refractivity (Wildman–Crippen MR) is 124 cm³/mol. The summed E-state index contributed by atoms with van der Waals surface area (Å²) in [5.74, 6) is -0.423. The quantitative estimate of drug-likeness (QED) is 0.331. The SMILES string of the molecule is Cc1ccccc1NC(=O)c1ccc(N/N=C/c2ccc(N(C)C)cc2)c([N+](=O)[O-])c1. The zero-order valence-electron chi connectivity index (χ0n) is 17.5. The van der Waals surface area contributed by atoms with Crippen LogP contribution in [-0.2, 0) is 0 Å². The first-order valence-corrected chi connectivity index (χ1v) is 9.57. The van der Waals surface area contributed by atoms with E-state index in [1.54, 1.807) is 12.3 Å². The van der Waals surface area contributed by atoms with Gasteiger partial charge < -0.3 is 10.2 Å². The Morgan fingerprint density at radius 2 is 1.74 bits per heavy atom. The molecule has 0 radical (unpaired) electrons. The number of nitro groups is 1. The maximum absolute atomic E-state index is 12.5. The van der Waals surface area contributed by atoms with Crippen molar-refractivity contribution in [2.24, 2.45) is 5.10 Å². The van der Waals surface area contributed by atoms with Crippen molar-refractivity contribution in [1.29, 1.82) is 0 Å². The highest BCUT2D eigenvalue weighted by Gasteiger charge is 2.18. The number of carbonyl (C=O) groups is 1. The number of benzene rings is 3. The average Bonchev–Trinajstić information content (AvgIpc) is 2.75. The van der Waals surface area contributed by atoms with E-state index in [4.69, 9.17) is 0 Å². The molecule has 0 fully saturated rings. The van der Waals surface area contributed by atoms with Crippen molar-refractivity contribution in [3.05, 3.63) is 93.5 Å². The minimum atomic E-state index is -0.547. The molecule has 0 unspecified atom stereocenters. The highest BCUT2D eigenvalue weighted by atomic mass is 16.6. The Balaban J connectivity index is 1.75. The lowest BCUT2D eigenvalue weighted by molar-refractivity contribution is -0.384. The first-order chi connectivity index (χ1) is 14.8. The third-order valence-electron chi connectivity index (χ3n) is 4.66. The summed E-state index contributed by atoms with van der Waals surface area (Å²) in [6, 6.07) is 19.2. The number of aryl methyl sites for hydroxylation is 1.